The molecule has 1 aromatic rings. The van der Waals surface area contributed by atoms with E-state index in [1.807, 2.05) is 11.9 Å². The summed E-state index contributed by atoms with van der Waals surface area (Å²) in [6.45, 7) is 1.41. The molecule has 0 radical (unpaired) electrons. The zero-order valence-corrected chi connectivity index (χ0v) is 13.2. The van der Waals surface area contributed by atoms with Gasteiger partial charge in [0.1, 0.15) is 4.99 Å². The molecule has 0 bridgehead atoms. The van der Waals surface area contributed by atoms with Crippen molar-refractivity contribution < 1.29 is 9.90 Å². The number of thiocarbonyl (C=S) groups is 1. The van der Waals surface area contributed by atoms with Gasteiger partial charge in [0.15, 0.2) is 0 Å². The highest BCUT2D eigenvalue weighted by molar-refractivity contribution is 7.80. The van der Waals surface area contributed by atoms with Crippen LogP contribution < -0.4 is 11.1 Å². The quantitative estimate of drug-likeness (QED) is 0.474. The van der Waals surface area contributed by atoms with Crippen molar-refractivity contribution in [1.82, 2.24) is 4.90 Å². The number of hydrogen-bond donors (Lipinski definition) is 3. The fourth-order valence-electron chi connectivity index (χ4n) is 1.91. The van der Waals surface area contributed by atoms with E-state index in [1.165, 1.54) is 0 Å². The van der Waals surface area contributed by atoms with Crippen molar-refractivity contribution in [3.8, 4) is 0 Å². The largest absolute Gasteiger partial charge is 0.396 e. The van der Waals surface area contributed by atoms with E-state index in [9.17, 15) is 4.79 Å². The first-order valence-corrected chi connectivity index (χ1v) is 7.43. The van der Waals surface area contributed by atoms with E-state index < -0.39 is 0 Å². The van der Waals surface area contributed by atoms with Gasteiger partial charge in [-0.05, 0) is 57.1 Å². The Labute approximate surface area is 131 Å². The monoisotopic (exact) mass is 309 g/mol. The van der Waals surface area contributed by atoms with E-state index in [0.29, 0.717) is 11.5 Å². The Kier molecular flexibility index (Phi) is 7.89. The van der Waals surface area contributed by atoms with E-state index in [2.05, 4.69) is 5.32 Å². The molecule has 0 unspecified atom stereocenters. The molecule has 0 heterocycles. The first kappa shape index (κ1) is 17.6. The third kappa shape index (κ3) is 7.17. The Morgan fingerprint density at radius 1 is 1.29 bits per heavy atom. The van der Waals surface area contributed by atoms with Crippen molar-refractivity contribution >= 4 is 28.8 Å². The van der Waals surface area contributed by atoms with Crippen molar-refractivity contribution in [2.45, 2.75) is 19.3 Å². The first-order valence-electron chi connectivity index (χ1n) is 7.02. The molecule has 0 saturated carbocycles. The molecule has 0 spiro atoms. The number of carbonyl (C=O) groups excluding carboxylic acids is 1. The fourth-order valence-corrected chi connectivity index (χ4v) is 2.05. The van der Waals surface area contributed by atoms with Gasteiger partial charge in [0.2, 0.25) is 5.91 Å². The van der Waals surface area contributed by atoms with Crippen LogP contribution in [0.2, 0.25) is 0 Å². The summed E-state index contributed by atoms with van der Waals surface area (Å²) in [6.07, 6.45) is 2.77. The van der Waals surface area contributed by atoms with Crippen molar-refractivity contribution in [3.05, 3.63) is 29.8 Å². The predicted molar refractivity (Wildman–Crippen MR) is 89.4 cm³/mol. The van der Waals surface area contributed by atoms with Crippen LogP contribution in [0.3, 0.4) is 0 Å². The van der Waals surface area contributed by atoms with Gasteiger partial charge >= 0.3 is 0 Å². The zero-order valence-electron chi connectivity index (χ0n) is 12.3. The van der Waals surface area contributed by atoms with E-state index in [1.54, 1.807) is 24.3 Å². The van der Waals surface area contributed by atoms with Crippen LogP contribution in [-0.2, 0) is 4.79 Å². The molecule has 0 aromatic heterocycles. The lowest BCUT2D eigenvalue weighted by Gasteiger charge is -2.16. The standard InChI is InChI=1S/C15H23N3O2S/c1-18(9-3-2-4-10-19)11-14(20)17-13-7-5-12(6-8-13)15(16)21/h5-8,19H,2-4,9-11H2,1H3,(H2,16,21)(H,17,20). The van der Waals surface area contributed by atoms with E-state index >= 15 is 0 Å². The average Bonchev–Trinajstić information content (AvgIpc) is 2.44. The Morgan fingerprint density at radius 2 is 1.95 bits per heavy atom. The summed E-state index contributed by atoms with van der Waals surface area (Å²) in [5.41, 5.74) is 7.03. The normalized spacial score (nSPS) is 10.6. The SMILES string of the molecule is CN(CCCCCO)CC(=O)Nc1ccc(C(N)=S)cc1. The van der Waals surface area contributed by atoms with Crippen LogP contribution in [-0.4, -0.2) is 47.6 Å². The number of unbranched alkanes of at least 4 members (excludes halogenated alkanes) is 2. The van der Waals surface area contributed by atoms with Crippen molar-refractivity contribution in [2.75, 3.05) is 32.1 Å². The lowest BCUT2D eigenvalue weighted by atomic mass is 10.2. The topological polar surface area (TPSA) is 78.6 Å². The maximum Gasteiger partial charge on any atom is 0.238 e. The minimum Gasteiger partial charge on any atom is -0.396 e. The van der Waals surface area contributed by atoms with Gasteiger partial charge in [-0.15, -0.1) is 0 Å². The van der Waals surface area contributed by atoms with Gasteiger partial charge in [0, 0.05) is 17.9 Å². The van der Waals surface area contributed by atoms with Crippen molar-refractivity contribution in [3.63, 3.8) is 0 Å². The molecule has 21 heavy (non-hydrogen) atoms. The van der Waals surface area contributed by atoms with Gasteiger partial charge in [-0.25, -0.2) is 0 Å². The summed E-state index contributed by atoms with van der Waals surface area (Å²) in [5, 5.41) is 11.5. The summed E-state index contributed by atoms with van der Waals surface area (Å²) >= 11 is 4.88. The summed E-state index contributed by atoms with van der Waals surface area (Å²) in [6, 6.07) is 7.15. The molecule has 0 aliphatic heterocycles. The van der Waals surface area contributed by atoms with Crippen molar-refractivity contribution in [1.29, 1.82) is 0 Å². The lowest BCUT2D eigenvalue weighted by molar-refractivity contribution is -0.117. The lowest BCUT2D eigenvalue weighted by Crippen LogP contribution is -2.30. The minimum atomic E-state index is -0.0530. The highest BCUT2D eigenvalue weighted by Crippen LogP contribution is 2.09. The minimum absolute atomic E-state index is 0.0530. The number of anilines is 1. The van der Waals surface area contributed by atoms with Crippen LogP contribution >= 0.6 is 12.2 Å². The summed E-state index contributed by atoms with van der Waals surface area (Å²) in [5.74, 6) is -0.0530. The third-order valence-electron chi connectivity index (χ3n) is 3.06. The summed E-state index contributed by atoms with van der Waals surface area (Å²) < 4.78 is 0. The Bertz CT molecular complexity index is 462. The Hall–Kier alpha value is -1.50. The average molecular weight is 309 g/mol. The molecule has 0 atom stereocenters. The molecule has 4 N–H and O–H groups in total. The van der Waals surface area contributed by atoms with Crippen molar-refractivity contribution in [2.24, 2.45) is 5.73 Å². The predicted octanol–water partition coefficient (Wildman–Crippen LogP) is 1.35. The maximum atomic E-state index is 11.9. The van der Waals surface area contributed by atoms with Gasteiger partial charge in [0.25, 0.3) is 0 Å². The zero-order chi connectivity index (χ0) is 15.7. The molecule has 0 fully saturated rings. The maximum absolute atomic E-state index is 11.9. The first-order chi connectivity index (χ1) is 10.0. The molecule has 5 nitrogen and oxygen atoms in total. The van der Waals surface area contributed by atoms with E-state index in [0.717, 1.165) is 37.1 Å². The molecular weight excluding hydrogens is 286 g/mol. The number of likely N-dealkylation sites (N-methyl/N-ethyl adjacent to an activating group) is 1. The Balaban J connectivity index is 2.34. The van der Waals surface area contributed by atoms with Gasteiger partial charge in [-0.1, -0.05) is 12.2 Å². The van der Waals surface area contributed by atoms with Crippen LogP contribution in [0.1, 0.15) is 24.8 Å². The summed E-state index contributed by atoms with van der Waals surface area (Å²) in [4.78, 5) is 14.2. The van der Waals surface area contributed by atoms with Gasteiger partial charge in [0.05, 0.1) is 6.54 Å². The number of aliphatic hydroxyl groups excluding tert-OH is 1. The second-order valence-electron chi connectivity index (χ2n) is 5.01. The molecule has 0 aliphatic rings. The van der Waals surface area contributed by atoms with E-state index in [4.69, 9.17) is 23.1 Å². The number of nitrogens with zero attached hydrogens (tertiary/aromatic N) is 1. The van der Waals surface area contributed by atoms with Crippen LogP contribution in [0.25, 0.3) is 0 Å². The number of amides is 1. The van der Waals surface area contributed by atoms with Crippen LogP contribution in [0, 0.1) is 0 Å². The number of nitrogens with two attached hydrogens (primary N) is 1. The second-order valence-corrected chi connectivity index (χ2v) is 5.45. The molecule has 0 saturated heterocycles. The van der Waals surface area contributed by atoms with Gasteiger partial charge in [-0.2, -0.15) is 0 Å². The van der Waals surface area contributed by atoms with Crippen LogP contribution in [0.5, 0.6) is 0 Å². The number of aliphatic hydroxyl groups is 1. The molecule has 116 valence electrons. The van der Waals surface area contributed by atoms with Gasteiger partial charge < -0.3 is 16.2 Å². The number of rotatable bonds is 9. The fraction of sp³-hybridized carbons (Fsp3) is 0.467. The number of nitrogens with one attached hydrogen (secondary N) is 1. The molecule has 1 aromatic carbocycles. The van der Waals surface area contributed by atoms with Gasteiger partial charge in [-0.3, -0.25) is 9.69 Å². The number of hydrogen-bond acceptors (Lipinski definition) is 4. The molecule has 1 amide bonds. The van der Waals surface area contributed by atoms with Crippen LogP contribution in [0.4, 0.5) is 5.69 Å². The highest BCUT2D eigenvalue weighted by atomic mass is 32.1. The second kappa shape index (κ2) is 9.44. The number of carbonyl (C=O) groups is 1. The number of benzene rings is 1. The van der Waals surface area contributed by atoms with E-state index in [-0.39, 0.29) is 12.5 Å². The molecule has 0 aliphatic carbocycles. The summed E-state index contributed by atoms with van der Waals surface area (Å²) in [7, 11) is 1.91. The van der Waals surface area contributed by atoms with Crippen LogP contribution in [0.15, 0.2) is 24.3 Å². The molecular formula is C15H23N3O2S. The molecule has 1 rings (SSSR count). The highest BCUT2D eigenvalue weighted by Gasteiger charge is 2.07. The third-order valence-corrected chi connectivity index (χ3v) is 3.30. The smallest absolute Gasteiger partial charge is 0.238 e. The Morgan fingerprint density at radius 3 is 2.52 bits per heavy atom. The molecule has 6 heteroatoms.